The van der Waals surface area contributed by atoms with Crippen molar-refractivity contribution in [1.29, 1.82) is 0 Å². The molecule has 7 nitrogen and oxygen atoms in total. The molecule has 1 saturated heterocycles. The van der Waals surface area contributed by atoms with Gasteiger partial charge in [0.25, 0.3) is 5.91 Å². The van der Waals surface area contributed by atoms with Crippen molar-refractivity contribution in [2.45, 2.75) is 32.2 Å². The van der Waals surface area contributed by atoms with E-state index in [0.717, 1.165) is 28.1 Å². The third-order valence-electron chi connectivity index (χ3n) is 6.24. The summed E-state index contributed by atoms with van der Waals surface area (Å²) in [5.41, 5.74) is 4.18. The lowest BCUT2D eigenvalue weighted by Gasteiger charge is -2.39. The van der Waals surface area contributed by atoms with Crippen LogP contribution in [0.2, 0.25) is 0 Å². The van der Waals surface area contributed by atoms with Crippen LogP contribution in [0.4, 0.5) is 0 Å². The predicted octanol–water partition coefficient (Wildman–Crippen LogP) is 3.73. The van der Waals surface area contributed by atoms with E-state index in [0.29, 0.717) is 25.2 Å². The molecular formula is C26H30N4O3. The average molecular weight is 447 g/mol. The van der Waals surface area contributed by atoms with Crippen LogP contribution in [0.3, 0.4) is 0 Å². The number of aromatic nitrogens is 2. The van der Waals surface area contributed by atoms with Gasteiger partial charge in [-0.05, 0) is 29.2 Å². The van der Waals surface area contributed by atoms with Crippen LogP contribution in [0.1, 0.15) is 41.5 Å². The molecule has 7 heteroatoms. The van der Waals surface area contributed by atoms with Gasteiger partial charge in [-0.1, -0.05) is 56.3 Å². The van der Waals surface area contributed by atoms with Crippen molar-refractivity contribution in [3.63, 3.8) is 0 Å². The number of likely N-dealkylation sites (N-methyl/N-ethyl adjacent to an activating group) is 1. The summed E-state index contributed by atoms with van der Waals surface area (Å²) in [5.74, 6) is 0.711. The van der Waals surface area contributed by atoms with Crippen molar-refractivity contribution in [1.82, 2.24) is 20.0 Å². The molecule has 2 heterocycles. The van der Waals surface area contributed by atoms with Crippen LogP contribution in [-0.4, -0.2) is 65.1 Å². The molecule has 1 N–H and O–H groups in total. The minimum absolute atomic E-state index is 0.0657. The molecule has 4 rings (SSSR count). The molecule has 33 heavy (non-hydrogen) atoms. The number of carbonyl (C=O) groups is 2. The number of piperazine rings is 1. The Morgan fingerprint density at radius 3 is 2.52 bits per heavy atom. The molecule has 1 atom stereocenters. The fourth-order valence-corrected chi connectivity index (χ4v) is 4.28. The number of rotatable bonds is 6. The van der Waals surface area contributed by atoms with Gasteiger partial charge < -0.3 is 14.5 Å². The van der Waals surface area contributed by atoms with E-state index in [1.165, 1.54) is 0 Å². The molecule has 1 aliphatic heterocycles. The predicted molar refractivity (Wildman–Crippen MR) is 127 cm³/mol. The summed E-state index contributed by atoms with van der Waals surface area (Å²) in [6, 6.07) is 17.0. The molecule has 3 aromatic rings. The summed E-state index contributed by atoms with van der Waals surface area (Å²) in [4.78, 5) is 30.0. The number of H-pyrrole nitrogens is 1. The molecule has 0 radical (unpaired) electrons. The van der Waals surface area contributed by atoms with Gasteiger partial charge in [0.1, 0.15) is 17.5 Å². The maximum absolute atomic E-state index is 13.4. The molecular weight excluding hydrogens is 416 g/mol. The van der Waals surface area contributed by atoms with Gasteiger partial charge in [-0.2, -0.15) is 5.10 Å². The number of hydrogen-bond donors (Lipinski definition) is 1. The molecule has 0 spiro atoms. The maximum atomic E-state index is 13.4. The van der Waals surface area contributed by atoms with E-state index in [4.69, 9.17) is 4.74 Å². The van der Waals surface area contributed by atoms with Crippen LogP contribution in [0.5, 0.6) is 5.75 Å². The number of nitrogens with zero attached hydrogens (tertiary/aromatic N) is 3. The minimum atomic E-state index is -0.605. The van der Waals surface area contributed by atoms with Crippen molar-refractivity contribution in [2.75, 3.05) is 27.2 Å². The van der Waals surface area contributed by atoms with E-state index in [1.54, 1.807) is 30.0 Å². The summed E-state index contributed by atoms with van der Waals surface area (Å²) in [6.45, 7) is 5.04. The monoisotopic (exact) mass is 446 g/mol. The summed E-state index contributed by atoms with van der Waals surface area (Å²) in [5, 5.41) is 7.17. The number of para-hydroxylation sites is 1. The molecule has 2 amide bonds. The third-order valence-corrected chi connectivity index (χ3v) is 6.24. The Balaban J connectivity index is 1.69. The van der Waals surface area contributed by atoms with E-state index in [9.17, 15) is 9.59 Å². The van der Waals surface area contributed by atoms with E-state index < -0.39 is 6.04 Å². The highest BCUT2D eigenvalue weighted by molar-refractivity contribution is 5.97. The second-order valence-corrected chi connectivity index (χ2v) is 8.70. The number of hydrogen-bond acceptors (Lipinski definition) is 4. The molecule has 172 valence electrons. The molecule has 1 unspecified atom stereocenters. The Bertz CT molecular complexity index is 1150. The Labute approximate surface area is 194 Å². The Kier molecular flexibility index (Phi) is 6.49. The first-order chi connectivity index (χ1) is 15.9. The van der Waals surface area contributed by atoms with E-state index in [2.05, 4.69) is 10.2 Å². The van der Waals surface area contributed by atoms with Crippen LogP contribution >= 0.6 is 0 Å². The molecule has 1 aliphatic rings. The standard InChI is InChI=1S/C26H30N4O3/c1-17(2)21-16-22(28-27-21)25(31)30-14-13-29(3)26(32)23(30)15-18-9-5-6-10-19(18)20-11-7-8-12-24(20)33-4/h5-12,16-17,23H,13-15H2,1-4H3,(H,27,28). The van der Waals surface area contributed by atoms with Gasteiger partial charge >= 0.3 is 0 Å². The smallest absolute Gasteiger partial charge is 0.275 e. The first kappa shape index (κ1) is 22.6. The highest BCUT2D eigenvalue weighted by Gasteiger charge is 2.37. The third kappa shape index (κ3) is 4.49. The van der Waals surface area contributed by atoms with E-state index in [-0.39, 0.29) is 17.7 Å². The highest BCUT2D eigenvalue weighted by Crippen LogP contribution is 2.33. The zero-order valence-electron chi connectivity index (χ0n) is 19.5. The summed E-state index contributed by atoms with van der Waals surface area (Å²) < 4.78 is 5.57. The second kappa shape index (κ2) is 9.48. The Hall–Kier alpha value is -3.61. The maximum Gasteiger partial charge on any atom is 0.275 e. The molecule has 2 aromatic carbocycles. The summed E-state index contributed by atoms with van der Waals surface area (Å²) >= 11 is 0. The van der Waals surface area contributed by atoms with Crippen LogP contribution in [-0.2, 0) is 11.2 Å². The minimum Gasteiger partial charge on any atom is -0.496 e. The van der Waals surface area contributed by atoms with Gasteiger partial charge in [0, 0.05) is 37.8 Å². The van der Waals surface area contributed by atoms with Gasteiger partial charge in [-0.15, -0.1) is 0 Å². The number of nitrogens with one attached hydrogen (secondary N) is 1. The van der Waals surface area contributed by atoms with Crippen LogP contribution < -0.4 is 4.74 Å². The number of ether oxygens (including phenoxy) is 1. The number of amides is 2. The molecule has 1 aromatic heterocycles. The van der Waals surface area contributed by atoms with Crippen molar-refractivity contribution in [3.05, 3.63) is 71.5 Å². The normalized spacial score (nSPS) is 16.4. The largest absolute Gasteiger partial charge is 0.496 e. The average Bonchev–Trinajstić information content (AvgIpc) is 3.33. The fraction of sp³-hybridized carbons (Fsp3) is 0.346. The van der Waals surface area contributed by atoms with Crippen LogP contribution in [0.25, 0.3) is 11.1 Å². The SMILES string of the molecule is COc1ccccc1-c1ccccc1CC1C(=O)N(C)CCN1C(=O)c1cc(C(C)C)[nH]n1. The second-order valence-electron chi connectivity index (χ2n) is 8.70. The van der Waals surface area contributed by atoms with Crippen molar-refractivity contribution in [2.24, 2.45) is 0 Å². The fourth-order valence-electron chi connectivity index (χ4n) is 4.28. The van der Waals surface area contributed by atoms with Crippen molar-refractivity contribution >= 4 is 11.8 Å². The Morgan fingerprint density at radius 1 is 1.12 bits per heavy atom. The van der Waals surface area contributed by atoms with Crippen LogP contribution in [0, 0.1) is 0 Å². The lowest BCUT2D eigenvalue weighted by molar-refractivity contribution is -0.138. The number of methoxy groups -OCH3 is 1. The zero-order valence-corrected chi connectivity index (χ0v) is 19.5. The summed E-state index contributed by atoms with van der Waals surface area (Å²) in [7, 11) is 3.44. The lowest BCUT2D eigenvalue weighted by atomic mass is 9.92. The molecule has 0 bridgehead atoms. The highest BCUT2D eigenvalue weighted by atomic mass is 16.5. The van der Waals surface area contributed by atoms with E-state index in [1.807, 2.05) is 62.4 Å². The first-order valence-electron chi connectivity index (χ1n) is 11.2. The van der Waals surface area contributed by atoms with Crippen molar-refractivity contribution in [3.8, 4) is 16.9 Å². The van der Waals surface area contributed by atoms with Gasteiger partial charge in [-0.3, -0.25) is 14.7 Å². The van der Waals surface area contributed by atoms with Crippen molar-refractivity contribution < 1.29 is 14.3 Å². The number of aromatic amines is 1. The molecule has 0 saturated carbocycles. The summed E-state index contributed by atoms with van der Waals surface area (Å²) in [6.07, 6.45) is 0.407. The first-order valence-corrected chi connectivity index (χ1v) is 11.2. The van der Waals surface area contributed by atoms with Gasteiger partial charge in [0.15, 0.2) is 0 Å². The van der Waals surface area contributed by atoms with E-state index >= 15 is 0 Å². The number of benzene rings is 2. The Morgan fingerprint density at radius 2 is 1.82 bits per heavy atom. The lowest BCUT2D eigenvalue weighted by Crippen LogP contribution is -2.58. The molecule has 1 fully saturated rings. The van der Waals surface area contributed by atoms with Gasteiger partial charge in [0.2, 0.25) is 5.91 Å². The number of carbonyl (C=O) groups excluding carboxylic acids is 2. The topological polar surface area (TPSA) is 78.5 Å². The van der Waals surface area contributed by atoms with Gasteiger partial charge in [-0.25, -0.2) is 0 Å². The zero-order chi connectivity index (χ0) is 23.5. The quantitative estimate of drug-likeness (QED) is 0.626. The molecule has 0 aliphatic carbocycles. The van der Waals surface area contributed by atoms with Gasteiger partial charge in [0.05, 0.1) is 7.11 Å². The van der Waals surface area contributed by atoms with Crippen LogP contribution in [0.15, 0.2) is 54.6 Å².